The predicted molar refractivity (Wildman–Crippen MR) is 74.4 cm³/mol. The van der Waals surface area contributed by atoms with Crippen LogP contribution < -0.4 is 0 Å². The summed E-state index contributed by atoms with van der Waals surface area (Å²) in [4.78, 5) is 12.0. The molecule has 3 rings (SSSR count). The molecule has 0 fully saturated rings. The third-order valence-corrected chi connectivity index (χ3v) is 3.80. The number of aromatic nitrogens is 3. The first-order valence-corrected chi connectivity index (χ1v) is 7.05. The van der Waals surface area contributed by atoms with Crippen LogP contribution in [0.3, 0.4) is 0 Å². The second-order valence-electron chi connectivity index (χ2n) is 4.22. The molecule has 0 bridgehead atoms. The highest BCUT2D eigenvalue weighted by Gasteiger charge is 2.18. The van der Waals surface area contributed by atoms with Gasteiger partial charge in [0.05, 0.1) is 11.3 Å². The number of Topliss-reactive ketones (excluding diaryl/α,β-unsaturated/α-hetero) is 1. The highest BCUT2D eigenvalue weighted by Crippen LogP contribution is 2.20. The van der Waals surface area contributed by atoms with Crippen molar-refractivity contribution in [1.82, 2.24) is 14.6 Å². The third kappa shape index (κ3) is 2.64. The minimum absolute atomic E-state index is 0.118. The van der Waals surface area contributed by atoms with Gasteiger partial charge in [-0.05, 0) is 24.3 Å². The zero-order chi connectivity index (χ0) is 14.8. The fraction of sp³-hybridized carbons (Fsp3) is 0.0714. The van der Waals surface area contributed by atoms with E-state index in [4.69, 9.17) is 0 Å². The van der Waals surface area contributed by atoms with Crippen LogP contribution in [0, 0.1) is 11.6 Å². The van der Waals surface area contributed by atoms with Gasteiger partial charge in [0.2, 0.25) is 0 Å². The van der Waals surface area contributed by atoms with Crippen LogP contribution >= 0.6 is 11.8 Å². The van der Waals surface area contributed by atoms with E-state index in [0.29, 0.717) is 10.8 Å². The van der Waals surface area contributed by atoms with E-state index in [9.17, 15) is 13.6 Å². The molecule has 0 saturated heterocycles. The molecule has 3 aromatic rings. The second kappa shape index (κ2) is 5.61. The summed E-state index contributed by atoms with van der Waals surface area (Å²) >= 11 is 1.08. The highest BCUT2D eigenvalue weighted by molar-refractivity contribution is 7.99. The number of carbonyl (C=O) groups is 1. The van der Waals surface area contributed by atoms with Crippen LogP contribution in [0.1, 0.15) is 10.4 Å². The van der Waals surface area contributed by atoms with Crippen molar-refractivity contribution in [3.63, 3.8) is 0 Å². The largest absolute Gasteiger partial charge is 0.293 e. The Labute approximate surface area is 122 Å². The first-order chi connectivity index (χ1) is 10.2. The number of hydrogen-bond donors (Lipinski definition) is 0. The standard InChI is InChI=1S/C14H9F2N3OS/c15-9-4-3-5-10(16)13(9)11(20)8-21-14-18-17-12-6-1-2-7-19(12)14/h1-7H,8H2. The summed E-state index contributed by atoms with van der Waals surface area (Å²) in [5.41, 5.74) is 0.128. The molecule has 0 amide bonds. The van der Waals surface area contributed by atoms with Crippen molar-refractivity contribution in [2.24, 2.45) is 0 Å². The molecule has 2 aromatic heterocycles. The Balaban J connectivity index is 1.80. The molecule has 2 heterocycles. The van der Waals surface area contributed by atoms with E-state index in [1.165, 1.54) is 6.07 Å². The lowest BCUT2D eigenvalue weighted by molar-refractivity contribution is 0.101. The first-order valence-electron chi connectivity index (χ1n) is 6.06. The smallest absolute Gasteiger partial charge is 0.196 e. The number of halogens is 2. The van der Waals surface area contributed by atoms with E-state index in [0.717, 1.165) is 23.9 Å². The molecule has 0 aliphatic heterocycles. The average molecular weight is 305 g/mol. The Bertz CT molecular complexity index is 799. The van der Waals surface area contributed by atoms with Crippen LogP contribution in [0.5, 0.6) is 0 Å². The van der Waals surface area contributed by atoms with Gasteiger partial charge in [-0.3, -0.25) is 9.20 Å². The lowest BCUT2D eigenvalue weighted by Crippen LogP contribution is -2.08. The van der Waals surface area contributed by atoms with Gasteiger partial charge in [0.25, 0.3) is 0 Å². The van der Waals surface area contributed by atoms with Crippen LogP contribution in [0.15, 0.2) is 47.8 Å². The van der Waals surface area contributed by atoms with Crippen molar-refractivity contribution in [3.05, 3.63) is 59.8 Å². The SMILES string of the molecule is O=C(CSc1nnc2ccccn12)c1c(F)cccc1F. The Morgan fingerprint density at radius 1 is 1.10 bits per heavy atom. The number of rotatable bonds is 4. The van der Waals surface area contributed by atoms with Gasteiger partial charge in [-0.15, -0.1) is 10.2 Å². The maximum Gasteiger partial charge on any atom is 0.196 e. The number of benzene rings is 1. The summed E-state index contributed by atoms with van der Waals surface area (Å²) in [6.07, 6.45) is 1.76. The second-order valence-corrected chi connectivity index (χ2v) is 5.16. The minimum Gasteiger partial charge on any atom is -0.293 e. The van der Waals surface area contributed by atoms with Gasteiger partial charge in [-0.25, -0.2) is 8.78 Å². The molecule has 0 aliphatic rings. The number of nitrogens with zero attached hydrogens (tertiary/aromatic N) is 3. The van der Waals surface area contributed by atoms with Crippen molar-refractivity contribution in [3.8, 4) is 0 Å². The molecule has 0 atom stereocenters. The van der Waals surface area contributed by atoms with E-state index in [1.807, 2.05) is 6.07 Å². The molecule has 21 heavy (non-hydrogen) atoms. The molecule has 0 radical (unpaired) electrons. The first kappa shape index (κ1) is 13.7. The molecule has 0 aliphatic carbocycles. The number of pyridine rings is 1. The maximum atomic E-state index is 13.5. The normalized spacial score (nSPS) is 11.0. The number of carbonyl (C=O) groups excluding carboxylic acids is 1. The van der Waals surface area contributed by atoms with Gasteiger partial charge in [0.15, 0.2) is 16.6 Å². The van der Waals surface area contributed by atoms with Crippen LogP contribution in [0.4, 0.5) is 8.78 Å². The fourth-order valence-corrected chi connectivity index (χ4v) is 2.68. The molecule has 1 aromatic carbocycles. The van der Waals surface area contributed by atoms with Crippen LogP contribution in [-0.2, 0) is 0 Å². The van der Waals surface area contributed by atoms with Gasteiger partial charge in [-0.2, -0.15) is 0 Å². The molecule has 0 spiro atoms. The van der Waals surface area contributed by atoms with Crippen molar-refractivity contribution in [2.75, 3.05) is 5.75 Å². The number of thioether (sulfide) groups is 1. The molecule has 7 heteroatoms. The van der Waals surface area contributed by atoms with Gasteiger partial charge < -0.3 is 0 Å². The molecule has 4 nitrogen and oxygen atoms in total. The van der Waals surface area contributed by atoms with E-state index >= 15 is 0 Å². The quantitative estimate of drug-likeness (QED) is 0.549. The number of hydrogen-bond acceptors (Lipinski definition) is 4. The lowest BCUT2D eigenvalue weighted by atomic mass is 10.1. The molecule has 0 N–H and O–H groups in total. The zero-order valence-corrected chi connectivity index (χ0v) is 11.5. The van der Waals surface area contributed by atoms with E-state index in [-0.39, 0.29) is 5.75 Å². The monoisotopic (exact) mass is 305 g/mol. The lowest BCUT2D eigenvalue weighted by Gasteiger charge is -2.03. The average Bonchev–Trinajstić information content (AvgIpc) is 2.88. The number of fused-ring (bicyclic) bond motifs is 1. The van der Waals surface area contributed by atoms with Crippen LogP contribution in [0.25, 0.3) is 5.65 Å². The van der Waals surface area contributed by atoms with E-state index in [2.05, 4.69) is 10.2 Å². The van der Waals surface area contributed by atoms with Crippen molar-refractivity contribution in [1.29, 1.82) is 0 Å². The Hall–Kier alpha value is -2.28. The topological polar surface area (TPSA) is 47.3 Å². The van der Waals surface area contributed by atoms with E-state index in [1.54, 1.807) is 22.7 Å². The fourth-order valence-electron chi connectivity index (χ4n) is 1.88. The maximum absolute atomic E-state index is 13.5. The summed E-state index contributed by atoms with van der Waals surface area (Å²) in [5.74, 6) is -2.45. The summed E-state index contributed by atoms with van der Waals surface area (Å²) < 4.78 is 28.7. The minimum atomic E-state index is -0.855. The predicted octanol–water partition coefficient (Wildman–Crippen LogP) is 2.98. The molecule has 0 unspecified atom stereocenters. The van der Waals surface area contributed by atoms with Crippen molar-refractivity contribution >= 4 is 23.2 Å². The van der Waals surface area contributed by atoms with Gasteiger partial charge in [0, 0.05) is 6.20 Å². The van der Waals surface area contributed by atoms with Crippen LogP contribution in [-0.4, -0.2) is 26.1 Å². The van der Waals surface area contributed by atoms with Crippen molar-refractivity contribution in [2.45, 2.75) is 5.16 Å². The van der Waals surface area contributed by atoms with Gasteiger partial charge in [0.1, 0.15) is 11.6 Å². The molecular weight excluding hydrogens is 296 g/mol. The number of ketones is 1. The zero-order valence-electron chi connectivity index (χ0n) is 10.7. The summed E-state index contributed by atoms with van der Waals surface area (Å²) in [6, 6.07) is 8.74. The summed E-state index contributed by atoms with van der Waals surface area (Å²) in [5, 5.41) is 8.38. The Morgan fingerprint density at radius 3 is 2.62 bits per heavy atom. The molecule has 106 valence electrons. The van der Waals surface area contributed by atoms with Gasteiger partial charge >= 0.3 is 0 Å². The third-order valence-electron chi connectivity index (χ3n) is 2.86. The molecular formula is C14H9F2N3OS. The van der Waals surface area contributed by atoms with Crippen molar-refractivity contribution < 1.29 is 13.6 Å². The van der Waals surface area contributed by atoms with E-state index < -0.39 is 23.0 Å². The highest BCUT2D eigenvalue weighted by atomic mass is 32.2. The summed E-state index contributed by atoms with van der Waals surface area (Å²) in [7, 11) is 0. The molecule has 0 saturated carbocycles. The van der Waals surface area contributed by atoms with Crippen LogP contribution in [0.2, 0.25) is 0 Å². The summed E-state index contributed by atoms with van der Waals surface area (Å²) in [6.45, 7) is 0. The Morgan fingerprint density at radius 2 is 1.86 bits per heavy atom. The Kier molecular flexibility index (Phi) is 3.66. The van der Waals surface area contributed by atoms with Gasteiger partial charge in [-0.1, -0.05) is 23.9 Å².